The Morgan fingerprint density at radius 2 is 1.84 bits per heavy atom. The number of rotatable bonds is 6. The van der Waals surface area contributed by atoms with Crippen LogP contribution in [0.1, 0.15) is 15.9 Å². The van der Waals surface area contributed by atoms with E-state index in [4.69, 9.17) is 10.5 Å². The normalized spacial score (nSPS) is 10.4. The largest absolute Gasteiger partial charge is 0.444 e. The van der Waals surface area contributed by atoms with Gasteiger partial charge < -0.3 is 15.8 Å². The number of benzene rings is 2. The van der Waals surface area contributed by atoms with Crippen molar-refractivity contribution in [3.63, 3.8) is 0 Å². The summed E-state index contributed by atoms with van der Waals surface area (Å²) in [6.07, 6.45) is 2.68. The van der Waals surface area contributed by atoms with Crippen LogP contribution < -0.4 is 16.4 Å². The van der Waals surface area contributed by atoms with Crippen molar-refractivity contribution >= 4 is 40.4 Å². The van der Waals surface area contributed by atoms with E-state index in [2.05, 4.69) is 15.6 Å². The molecule has 4 aromatic rings. The molecule has 8 heteroatoms. The summed E-state index contributed by atoms with van der Waals surface area (Å²) in [6, 6.07) is 19.6. The first-order valence-electron chi connectivity index (χ1n) is 9.76. The van der Waals surface area contributed by atoms with E-state index in [0.717, 1.165) is 16.0 Å². The van der Waals surface area contributed by atoms with Crippen LogP contribution in [0.15, 0.2) is 84.5 Å². The molecular formula is C24H20N4O3S. The quantitative estimate of drug-likeness (QED) is 0.346. The Kier molecular flexibility index (Phi) is 6.43. The summed E-state index contributed by atoms with van der Waals surface area (Å²) in [7, 11) is 0. The molecule has 2 amide bonds. The lowest BCUT2D eigenvalue weighted by molar-refractivity contribution is 0.102. The van der Waals surface area contributed by atoms with Crippen molar-refractivity contribution in [3.05, 3.63) is 95.6 Å². The number of nitrogen functional groups attached to an aromatic ring is 1. The molecule has 0 radical (unpaired) electrons. The molecule has 2 heterocycles. The first-order valence-corrected chi connectivity index (χ1v) is 10.6. The summed E-state index contributed by atoms with van der Waals surface area (Å²) in [5.74, 6) is -0.300. The molecule has 2 aromatic heterocycles. The topological polar surface area (TPSA) is 106 Å². The fraction of sp³-hybridized carbons (Fsp3) is 0.0417. The van der Waals surface area contributed by atoms with Gasteiger partial charge in [0.1, 0.15) is 6.61 Å². The van der Waals surface area contributed by atoms with Crippen molar-refractivity contribution in [2.24, 2.45) is 0 Å². The monoisotopic (exact) mass is 444 g/mol. The standard InChI is InChI=1S/C24H20N4O3S/c25-20-10-7-18(22-4-2-12-32-22)13-21(20)28-23(29)17-5-8-19(9-6-17)27-24(30)31-15-16-3-1-11-26-14-16/h1-14H,15,25H2,(H,27,30)(H,28,29). The Bertz CT molecular complexity index is 1210. The Hall–Kier alpha value is -4.17. The smallest absolute Gasteiger partial charge is 0.411 e. The minimum absolute atomic E-state index is 0.117. The highest BCUT2D eigenvalue weighted by molar-refractivity contribution is 7.13. The van der Waals surface area contributed by atoms with Gasteiger partial charge in [0.2, 0.25) is 0 Å². The molecule has 2 aromatic carbocycles. The zero-order chi connectivity index (χ0) is 22.3. The molecule has 4 N–H and O–H groups in total. The molecule has 0 bridgehead atoms. The van der Waals surface area contributed by atoms with Gasteiger partial charge in [-0.15, -0.1) is 11.3 Å². The summed E-state index contributed by atoms with van der Waals surface area (Å²) in [5, 5.41) is 7.47. The first kappa shape index (κ1) is 21.1. The molecule has 0 saturated carbocycles. The SMILES string of the molecule is Nc1ccc(-c2cccs2)cc1NC(=O)c1ccc(NC(=O)OCc2cccnc2)cc1. The van der Waals surface area contributed by atoms with Crippen LogP contribution in [0, 0.1) is 0 Å². The minimum atomic E-state index is -0.593. The maximum atomic E-state index is 12.7. The summed E-state index contributed by atoms with van der Waals surface area (Å²) in [6.45, 7) is 0.117. The number of amides is 2. The van der Waals surface area contributed by atoms with Gasteiger partial charge in [0, 0.05) is 34.1 Å². The van der Waals surface area contributed by atoms with Crippen molar-refractivity contribution in [3.8, 4) is 10.4 Å². The lowest BCUT2D eigenvalue weighted by atomic mass is 10.1. The second-order valence-electron chi connectivity index (χ2n) is 6.87. The lowest BCUT2D eigenvalue weighted by Gasteiger charge is -2.11. The van der Waals surface area contributed by atoms with E-state index in [1.807, 2.05) is 35.7 Å². The summed E-state index contributed by atoms with van der Waals surface area (Å²) in [4.78, 5) is 29.7. The Morgan fingerprint density at radius 1 is 1.00 bits per heavy atom. The highest BCUT2D eigenvalue weighted by atomic mass is 32.1. The molecule has 0 aliphatic carbocycles. The van der Waals surface area contributed by atoms with Crippen LogP contribution in [0.3, 0.4) is 0 Å². The third-order valence-electron chi connectivity index (χ3n) is 4.59. The number of nitrogens with zero attached hydrogens (tertiary/aromatic N) is 1. The number of hydrogen-bond donors (Lipinski definition) is 3. The average Bonchev–Trinajstić information content (AvgIpc) is 3.35. The first-order chi connectivity index (χ1) is 15.6. The van der Waals surface area contributed by atoms with Crippen LogP contribution in [-0.4, -0.2) is 17.0 Å². The zero-order valence-corrected chi connectivity index (χ0v) is 17.8. The minimum Gasteiger partial charge on any atom is -0.444 e. The van der Waals surface area contributed by atoms with Crippen molar-refractivity contribution in [2.45, 2.75) is 6.61 Å². The molecule has 0 aliphatic heterocycles. The number of carbonyl (C=O) groups is 2. The number of aromatic nitrogens is 1. The van der Waals surface area contributed by atoms with E-state index >= 15 is 0 Å². The molecular weight excluding hydrogens is 424 g/mol. The number of ether oxygens (including phenoxy) is 1. The predicted octanol–water partition coefficient (Wildman–Crippen LogP) is 5.39. The number of nitrogens with two attached hydrogens (primary N) is 1. The van der Waals surface area contributed by atoms with Crippen LogP contribution in [-0.2, 0) is 11.3 Å². The van der Waals surface area contributed by atoms with Crippen LogP contribution in [0.4, 0.5) is 21.9 Å². The van der Waals surface area contributed by atoms with Gasteiger partial charge in [0.15, 0.2) is 0 Å². The van der Waals surface area contributed by atoms with Crippen molar-refractivity contribution in [2.75, 3.05) is 16.4 Å². The zero-order valence-electron chi connectivity index (χ0n) is 16.9. The summed E-state index contributed by atoms with van der Waals surface area (Å²) in [5.41, 5.74) is 9.78. The molecule has 0 atom stereocenters. The van der Waals surface area contributed by atoms with E-state index in [9.17, 15) is 9.59 Å². The predicted molar refractivity (Wildman–Crippen MR) is 127 cm³/mol. The second-order valence-corrected chi connectivity index (χ2v) is 7.82. The number of hydrogen-bond acceptors (Lipinski definition) is 6. The van der Waals surface area contributed by atoms with Crippen molar-refractivity contribution < 1.29 is 14.3 Å². The highest BCUT2D eigenvalue weighted by Crippen LogP contribution is 2.30. The van der Waals surface area contributed by atoms with Gasteiger partial charge in [-0.05, 0) is 59.5 Å². The third kappa shape index (κ3) is 5.30. The summed E-state index contributed by atoms with van der Waals surface area (Å²) < 4.78 is 5.16. The van der Waals surface area contributed by atoms with Gasteiger partial charge in [-0.1, -0.05) is 18.2 Å². The lowest BCUT2D eigenvalue weighted by Crippen LogP contribution is -2.15. The molecule has 0 fully saturated rings. The number of nitrogens with one attached hydrogen (secondary N) is 2. The number of anilines is 3. The van der Waals surface area contributed by atoms with Crippen LogP contribution >= 0.6 is 11.3 Å². The molecule has 0 aliphatic rings. The average molecular weight is 445 g/mol. The van der Waals surface area contributed by atoms with Gasteiger partial charge in [-0.2, -0.15) is 0 Å². The number of pyridine rings is 1. The molecule has 160 valence electrons. The van der Waals surface area contributed by atoms with Crippen LogP contribution in [0.5, 0.6) is 0 Å². The van der Waals surface area contributed by atoms with E-state index in [1.165, 1.54) is 0 Å². The summed E-state index contributed by atoms with van der Waals surface area (Å²) >= 11 is 1.61. The van der Waals surface area contributed by atoms with Crippen molar-refractivity contribution in [1.82, 2.24) is 4.98 Å². The Labute approximate surface area is 188 Å². The Balaban J connectivity index is 1.36. The van der Waals surface area contributed by atoms with Gasteiger partial charge in [-0.25, -0.2) is 4.79 Å². The number of carbonyl (C=O) groups excluding carboxylic acids is 2. The van der Waals surface area contributed by atoms with E-state index in [1.54, 1.807) is 60.1 Å². The van der Waals surface area contributed by atoms with Crippen LogP contribution in [0.25, 0.3) is 10.4 Å². The Morgan fingerprint density at radius 3 is 2.56 bits per heavy atom. The van der Waals surface area contributed by atoms with Crippen molar-refractivity contribution in [1.29, 1.82) is 0 Å². The van der Waals surface area contributed by atoms with Crippen LogP contribution in [0.2, 0.25) is 0 Å². The molecule has 4 rings (SSSR count). The van der Waals surface area contributed by atoms with E-state index < -0.39 is 6.09 Å². The third-order valence-corrected chi connectivity index (χ3v) is 5.51. The van der Waals surface area contributed by atoms with E-state index in [-0.39, 0.29) is 12.5 Å². The second kappa shape index (κ2) is 9.76. The molecule has 7 nitrogen and oxygen atoms in total. The number of thiophene rings is 1. The maximum absolute atomic E-state index is 12.7. The molecule has 0 spiro atoms. The molecule has 0 saturated heterocycles. The van der Waals surface area contributed by atoms with Gasteiger partial charge in [0.25, 0.3) is 5.91 Å². The molecule has 0 unspecified atom stereocenters. The fourth-order valence-electron chi connectivity index (χ4n) is 2.95. The highest BCUT2D eigenvalue weighted by Gasteiger charge is 2.11. The van der Waals surface area contributed by atoms with Gasteiger partial charge in [-0.3, -0.25) is 15.1 Å². The van der Waals surface area contributed by atoms with E-state index in [0.29, 0.717) is 22.6 Å². The fourth-order valence-corrected chi connectivity index (χ4v) is 3.67. The van der Waals surface area contributed by atoms with Gasteiger partial charge >= 0.3 is 6.09 Å². The van der Waals surface area contributed by atoms with Gasteiger partial charge in [0.05, 0.1) is 11.4 Å². The molecule has 32 heavy (non-hydrogen) atoms. The maximum Gasteiger partial charge on any atom is 0.411 e.